The third-order valence-corrected chi connectivity index (χ3v) is 3.08. The Morgan fingerprint density at radius 2 is 2.00 bits per heavy atom. The molecular formula is C13H9BrF2N2O2. The van der Waals surface area contributed by atoms with Gasteiger partial charge in [-0.2, -0.15) is 4.39 Å². The molecule has 0 bridgehead atoms. The lowest BCUT2D eigenvalue weighted by Crippen LogP contribution is -2.05. The number of nitro groups is 1. The lowest BCUT2D eigenvalue weighted by atomic mass is 10.2. The number of halogens is 3. The van der Waals surface area contributed by atoms with E-state index in [1.54, 1.807) is 18.2 Å². The molecule has 4 nitrogen and oxygen atoms in total. The molecule has 0 fully saturated rings. The van der Waals surface area contributed by atoms with E-state index < -0.39 is 22.2 Å². The Balaban J connectivity index is 2.27. The Labute approximate surface area is 121 Å². The van der Waals surface area contributed by atoms with Crippen LogP contribution in [0.2, 0.25) is 0 Å². The van der Waals surface area contributed by atoms with Gasteiger partial charge in [0.15, 0.2) is 0 Å². The Bertz CT molecular complexity index is 665. The van der Waals surface area contributed by atoms with Gasteiger partial charge in [-0.3, -0.25) is 10.1 Å². The Hall–Kier alpha value is -2.02. The molecule has 0 aliphatic heterocycles. The second kappa shape index (κ2) is 5.96. The highest BCUT2D eigenvalue weighted by atomic mass is 79.9. The molecule has 0 saturated carbocycles. The topological polar surface area (TPSA) is 55.2 Å². The maximum atomic E-state index is 13.4. The van der Waals surface area contributed by atoms with Crippen LogP contribution < -0.4 is 5.32 Å². The van der Waals surface area contributed by atoms with Gasteiger partial charge in [0.1, 0.15) is 11.5 Å². The number of hydrogen-bond acceptors (Lipinski definition) is 3. The van der Waals surface area contributed by atoms with E-state index in [4.69, 9.17) is 0 Å². The van der Waals surface area contributed by atoms with Crippen molar-refractivity contribution < 1.29 is 13.7 Å². The average Bonchev–Trinajstić information content (AvgIpc) is 2.35. The summed E-state index contributed by atoms with van der Waals surface area (Å²) in [5.74, 6) is -2.07. The van der Waals surface area contributed by atoms with Crippen LogP contribution in [0.25, 0.3) is 0 Å². The number of hydrogen-bond donors (Lipinski definition) is 1. The van der Waals surface area contributed by atoms with Crippen molar-refractivity contribution in [2.24, 2.45) is 0 Å². The average molecular weight is 343 g/mol. The van der Waals surface area contributed by atoms with Crippen LogP contribution >= 0.6 is 15.9 Å². The van der Waals surface area contributed by atoms with Crippen LogP contribution in [0, 0.1) is 21.7 Å². The first-order valence-corrected chi connectivity index (χ1v) is 6.38. The zero-order chi connectivity index (χ0) is 14.7. The van der Waals surface area contributed by atoms with Gasteiger partial charge in [-0.25, -0.2) is 4.39 Å². The predicted molar refractivity (Wildman–Crippen MR) is 74.5 cm³/mol. The third kappa shape index (κ3) is 3.30. The highest BCUT2D eigenvalue weighted by molar-refractivity contribution is 9.10. The summed E-state index contributed by atoms with van der Waals surface area (Å²) in [6.07, 6.45) is 0. The van der Waals surface area contributed by atoms with E-state index in [9.17, 15) is 18.9 Å². The Morgan fingerprint density at radius 1 is 1.25 bits per heavy atom. The van der Waals surface area contributed by atoms with E-state index in [2.05, 4.69) is 21.2 Å². The summed E-state index contributed by atoms with van der Waals surface area (Å²) < 4.78 is 27.4. The van der Waals surface area contributed by atoms with E-state index in [1.807, 2.05) is 6.07 Å². The molecule has 0 heterocycles. The number of nitrogens with one attached hydrogen (secondary N) is 1. The van der Waals surface area contributed by atoms with Gasteiger partial charge in [0.05, 0.1) is 4.92 Å². The maximum Gasteiger partial charge on any atom is 0.327 e. The molecule has 20 heavy (non-hydrogen) atoms. The van der Waals surface area contributed by atoms with Crippen molar-refractivity contribution in [3.05, 3.63) is 68.2 Å². The first-order valence-electron chi connectivity index (χ1n) is 5.59. The van der Waals surface area contributed by atoms with Gasteiger partial charge in [-0.05, 0) is 17.7 Å². The molecule has 0 amide bonds. The summed E-state index contributed by atoms with van der Waals surface area (Å²) in [7, 11) is 0. The fraction of sp³-hybridized carbons (Fsp3) is 0.0769. The number of rotatable bonds is 4. The second-order valence-corrected chi connectivity index (χ2v) is 4.94. The second-order valence-electron chi connectivity index (χ2n) is 4.02. The number of anilines is 1. The summed E-state index contributed by atoms with van der Waals surface area (Å²) in [6, 6.07) is 8.60. The summed E-state index contributed by atoms with van der Waals surface area (Å²) in [4.78, 5) is 9.94. The van der Waals surface area contributed by atoms with Crippen molar-refractivity contribution in [1.82, 2.24) is 0 Å². The molecule has 0 saturated heterocycles. The van der Waals surface area contributed by atoms with Gasteiger partial charge in [0.2, 0.25) is 5.82 Å². The molecule has 104 valence electrons. The molecule has 2 rings (SSSR count). The van der Waals surface area contributed by atoms with Crippen LogP contribution in [0.5, 0.6) is 0 Å². The molecule has 2 aromatic carbocycles. The number of benzene rings is 2. The van der Waals surface area contributed by atoms with Crippen molar-refractivity contribution in [3.8, 4) is 0 Å². The van der Waals surface area contributed by atoms with Gasteiger partial charge in [0.25, 0.3) is 0 Å². The van der Waals surface area contributed by atoms with Crippen LogP contribution in [0.1, 0.15) is 5.56 Å². The lowest BCUT2D eigenvalue weighted by molar-refractivity contribution is -0.386. The fourth-order valence-electron chi connectivity index (χ4n) is 1.73. The zero-order valence-corrected chi connectivity index (χ0v) is 11.7. The van der Waals surface area contributed by atoms with E-state index in [0.29, 0.717) is 6.07 Å². The van der Waals surface area contributed by atoms with Crippen LogP contribution in [-0.2, 0) is 6.54 Å². The summed E-state index contributed by atoms with van der Waals surface area (Å²) in [5.41, 5.74) is -0.132. The smallest absolute Gasteiger partial charge is 0.327 e. The first-order chi connectivity index (χ1) is 9.47. The SMILES string of the molecule is O=[N+]([O-])c1c(F)cc(F)cc1NCc1cccc(Br)c1. The van der Waals surface area contributed by atoms with Gasteiger partial charge in [0, 0.05) is 23.2 Å². The largest absolute Gasteiger partial charge is 0.375 e. The molecule has 0 aromatic heterocycles. The van der Waals surface area contributed by atoms with Crippen molar-refractivity contribution in [3.63, 3.8) is 0 Å². The van der Waals surface area contributed by atoms with E-state index in [-0.39, 0.29) is 12.2 Å². The van der Waals surface area contributed by atoms with Gasteiger partial charge >= 0.3 is 5.69 Å². The lowest BCUT2D eigenvalue weighted by Gasteiger charge is -2.08. The first kappa shape index (κ1) is 14.4. The molecule has 0 spiro atoms. The molecular weight excluding hydrogens is 334 g/mol. The van der Waals surface area contributed by atoms with Crippen molar-refractivity contribution in [1.29, 1.82) is 0 Å². The van der Waals surface area contributed by atoms with Gasteiger partial charge in [-0.1, -0.05) is 28.1 Å². The Kier molecular flexibility index (Phi) is 4.29. The van der Waals surface area contributed by atoms with Gasteiger partial charge in [-0.15, -0.1) is 0 Å². The molecule has 0 radical (unpaired) electrons. The van der Waals surface area contributed by atoms with E-state index in [0.717, 1.165) is 16.1 Å². The zero-order valence-electron chi connectivity index (χ0n) is 10.1. The molecule has 0 atom stereocenters. The summed E-state index contributed by atoms with van der Waals surface area (Å²) >= 11 is 3.29. The van der Waals surface area contributed by atoms with Crippen molar-refractivity contribution >= 4 is 27.3 Å². The van der Waals surface area contributed by atoms with E-state index >= 15 is 0 Å². The minimum atomic E-state index is -1.20. The van der Waals surface area contributed by atoms with Crippen LogP contribution in [-0.4, -0.2) is 4.92 Å². The monoisotopic (exact) mass is 342 g/mol. The molecule has 2 aromatic rings. The number of nitro benzene ring substituents is 1. The highest BCUT2D eigenvalue weighted by Crippen LogP contribution is 2.29. The van der Waals surface area contributed by atoms with Crippen LogP contribution in [0.15, 0.2) is 40.9 Å². The Morgan fingerprint density at radius 3 is 2.65 bits per heavy atom. The fourth-order valence-corrected chi connectivity index (χ4v) is 2.18. The predicted octanol–water partition coefficient (Wildman–Crippen LogP) is 4.25. The summed E-state index contributed by atoms with van der Waals surface area (Å²) in [5, 5.41) is 13.5. The summed E-state index contributed by atoms with van der Waals surface area (Å²) in [6.45, 7) is 0.211. The third-order valence-electron chi connectivity index (χ3n) is 2.58. The number of nitrogens with zero attached hydrogens (tertiary/aromatic N) is 1. The molecule has 0 aliphatic rings. The van der Waals surface area contributed by atoms with E-state index in [1.165, 1.54) is 0 Å². The minimum absolute atomic E-state index is 0.188. The van der Waals surface area contributed by atoms with Crippen molar-refractivity contribution in [2.75, 3.05) is 5.32 Å². The molecule has 0 unspecified atom stereocenters. The minimum Gasteiger partial charge on any atom is -0.375 e. The van der Waals surface area contributed by atoms with Crippen LogP contribution in [0.4, 0.5) is 20.2 Å². The quantitative estimate of drug-likeness (QED) is 0.667. The molecule has 7 heteroatoms. The van der Waals surface area contributed by atoms with Crippen LogP contribution in [0.3, 0.4) is 0 Å². The normalized spacial score (nSPS) is 10.3. The molecule has 1 N–H and O–H groups in total. The highest BCUT2D eigenvalue weighted by Gasteiger charge is 2.21. The standard InChI is InChI=1S/C13H9BrF2N2O2/c14-9-3-1-2-8(4-9)7-17-12-6-10(15)5-11(16)13(12)18(19)20/h1-6,17H,7H2. The van der Waals surface area contributed by atoms with Gasteiger partial charge < -0.3 is 5.32 Å². The maximum absolute atomic E-state index is 13.4. The van der Waals surface area contributed by atoms with Crippen molar-refractivity contribution in [2.45, 2.75) is 6.54 Å². The molecule has 0 aliphatic carbocycles.